The van der Waals surface area contributed by atoms with E-state index in [-0.39, 0.29) is 17.7 Å². The molecule has 0 saturated carbocycles. The Morgan fingerprint density at radius 1 is 1.38 bits per heavy atom. The van der Waals surface area contributed by atoms with Gasteiger partial charge < -0.3 is 19.9 Å². The molecule has 3 rings (SSSR count). The van der Waals surface area contributed by atoms with Crippen LogP contribution in [0.3, 0.4) is 0 Å². The Hall–Kier alpha value is -1.10. The molecule has 1 aromatic rings. The number of hydrogen-bond donors (Lipinski definition) is 1. The molecule has 3 atom stereocenters. The van der Waals surface area contributed by atoms with Gasteiger partial charge in [0.2, 0.25) is 0 Å². The molecule has 3 unspecified atom stereocenters. The zero-order chi connectivity index (χ0) is 14.7. The second-order valence-corrected chi connectivity index (χ2v) is 6.12. The molecule has 2 aliphatic rings. The fourth-order valence-electron chi connectivity index (χ4n) is 3.24. The molecule has 0 amide bonds. The molecule has 116 valence electrons. The maximum Gasteiger partial charge on any atom is 0.124 e. The van der Waals surface area contributed by atoms with Gasteiger partial charge in [0.05, 0.1) is 18.8 Å². The van der Waals surface area contributed by atoms with Gasteiger partial charge in [-0.05, 0) is 12.5 Å². The Morgan fingerprint density at radius 2 is 2.24 bits per heavy atom. The summed E-state index contributed by atoms with van der Waals surface area (Å²) in [7, 11) is 0. The van der Waals surface area contributed by atoms with Gasteiger partial charge in [0.25, 0.3) is 0 Å². The molecule has 21 heavy (non-hydrogen) atoms. The van der Waals surface area contributed by atoms with Crippen LogP contribution in [0, 0.1) is 0 Å². The fourth-order valence-corrected chi connectivity index (χ4v) is 3.24. The summed E-state index contributed by atoms with van der Waals surface area (Å²) < 4.78 is 17.8. The van der Waals surface area contributed by atoms with Crippen molar-refractivity contribution < 1.29 is 14.2 Å². The number of para-hydroxylation sites is 1. The lowest BCUT2D eigenvalue weighted by molar-refractivity contribution is -0.112. The van der Waals surface area contributed by atoms with Gasteiger partial charge in [0.15, 0.2) is 0 Å². The molecular formula is C17H25NO3. The van der Waals surface area contributed by atoms with Crippen LogP contribution in [-0.2, 0) is 9.47 Å². The maximum absolute atomic E-state index is 6.28. The van der Waals surface area contributed by atoms with Crippen molar-refractivity contribution in [1.29, 1.82) is 0 Å². The van der Waals surface area contributed by atoms with Crippen LogP contribution in [-0.4, -0.2) is 31.5 Å². The third-order valence-corrected chi connectivity index (χ3v) is 4.57. The van der Waals surface area contributed by atoms with Gasteiger partial charge in [0, 0.05) is 37.5 Å². The molecule has 0 aliphatic carbocycles. The minimum Gasteiger partial charge on any atom is -0.490 e. The lowest BCUT2D eigenvalue weighted by atomic mass is 9.91. The molecule has 2 N–H and O–H groups in total. The van der Waals surface area contributed by atoms with Gasteiger partial charge >= 0.3 is 0 Å². The van der Waals surface area contributed by atoms with E-state index >= 15 is 0 Å². The molecule has 2 heterocycles. The van der Waals surface area contributed by atoms with Gasteiger partial charge in [0.1, 0.15) is 11.9 Å². The molecule has 0 aromatic heterocycles. The summed E-state index contributed by atoms with van der Waals surface area (Å²) in [5.74, 6) is 0.924. The Kier molecular flexibility index (Phi) is 4.48. The van der Waals surface area contributed by atoms with Crippen molar-refractivity contribution >= 4 is 0 Å². The number of rotatable bonds is 4. The van der Waals surface area contributed by atoms with Crippen LogP contribution < -0.4 is 10.5 Å². The van der Waals surface area contributed by atoms with E-state index in [1.165, 1.54) is 0 Å². The van der Waals surface area contributed by atoms with E-state index < -0.39 is 0 Å². The smallest absolute Gasteiger partial charge is 0.124 e. The average molecular weight is 291 g/mol. The molecule has 0 radical (unpaired) electrons. The topological polar surface area (TPSA) is 53.7 Å². The predicted octanol–water partition coefficient (Wildman–Crippen LogP) is 2.81. The van der Waals surface area contributed by atoms with E-state index in [0.717, 1.165) is 50.2 Å². The van der Waals surface area contributed by atoms with Crippen molar-refractivity contribution in [1.82, 2.24) is 0 Å². The first-order valence-corrected chi connectivity index (χ1v) is 7.95. The van der Waals surface area contributed by atoms with Crippen LogP contribution in [0.5, 0.6) is 5.75 Å². The van der Waals surface area contributed by atoms with Gasteiger partial charge in [-0.1, -0.05) is 25.1 Å². The quantitative estimate of drug-likeness (QED) is 0.927. The molecule has 4 nitrogen and oxygen atoms in total. The van der Waals surface area contributed by atoms with Crippen molar-refractivity contribution in [3.8, 4) is 5.75 Å². The summed E-state index contributed by atoms with van der Waals surface area (Å²) in [6, 6.07) is 8.16. The monoisotopic (exact) mass is 291 g/mol. The highest BCUT2D eigenvalue weighted by Crippen LogP contribution is 2.35. The van der Waals surface area contributed by atoms with Crippen molar-refractivity contribution in [3.63, 3.8) is 0 Å². The predicted molar refractivity (Wildman–Crippen MR) is 81.4 cm³/mol. The summed E-state index contributed by atoms with van der Waals surface area (Å²) in [5.41, 5.74) is 7.17. The summed E-state index contributed by atoms with van der Waals surface area (Å²) in [6.45, 7) is 4.34. The van der Waals surface area contributed by atoms with Crippen LogP contribution in [0.1, 0.15) is 44.2 Å². The average Bonchev–Trinajstić information content (AvgIpc) is 2.95. The molecular weight excluding hydrogens is 266 g/mol. The minimum atomic E-state index is -0.120. The molecule has 2 aliphatic heterocycles. The lowest BCUT2D eigenvalue weighted by Crippen LogP contribution is -2.44. The first kappa shape index (κ1) is 14.8. The fraction of sp³-hybridized carbons (Fsp3) is 0.647. The summed E-state index contributed by atoms with van der Waals surface area (Å²) in [5, 5.41) is 0. The third-order valence-electron chi connectivity index (χ3n) is 4.57. The van der Waals surface area contributed by atoms with Gasteiger partial charge in [-0.15, -0.1) is 0 Å². The molecule has 2 fully saturated rings. The summed E-state index contributed by atoms with van der Waals surface area (Å²) in [4.78, 5) is 0. The highest BCUT2D eigenvalue weighted by atomic mass is 16.6. The first-order valence-electron chi connectivity index (χ1n) is 7.95. The van der Waals surface area contributed by atoms with Gasteiger partial charge in [-0.3, -0.25) is 0 Å². The van der Waals surface area contributed by atoms with Crippen molar-refractivity contribution in [2.75, 3.05) is 19.8 Å². The van der Waals surface area contributed by atoms with E-state index in [9.17, 15) is 0 Å². The van der Waals surface area contributed by atoms with E-state index in [2.05, 4.69) is 13.0 Å². The van der Waals surface area contributed by atoms with E-state index in [0.29, 0.717) is 6.61 Å². The van der Waals surface area contributed by atoms with E-state index in [4.69, 9.17) is 19.9 Å². The minimum absolute atomic E-state index is 0.0322. The molecule has 2 saturated heterocycles. The van der Waals surface area contributed by atoms with Crippen LogP contribution >= 0.6 is 0 Å². The van der Waals surface area contributed by atoms with Crippen LogP contribution in [0.2, 0.25) is 0 Å². The Morgan fingerprint density at radius 3 is 3.00 bits per heavy atom. The second-order valence-electron chi connectivity index (χ2n) is 6.12. The van der Waals surface area contributed by atoms with E-state index in [1.54, 1.807) is 0 Å². The number of benzene rings is 1. The first-order chi connectivity index (χ1) is 10.2. The zero-order valence-electron chi connectivity index (χ0n) is 12.7. The van der Waals surface area contributed by atoms with Crippen molar-refractivity contribution in [2.24, 2.45) is 5.73 Å². The van der Waals surface area contributed by atoms with Crippen LogP contribution in [0.15, 0.2) is 24.3 Å². The second kappa shape index (κ2) is 6.34. The zero-order valence-corrected chi connectivity index (χ0v) is 12.7. The SMILES string of the molecule is CCC(N)c1ccccc1OC1CCOC2(CCOC2)C1. The van der Waals surface area contributed by atoms with Crippen molar-refractivity contribution in [2.45, 2.75) is 50.4 Å². The third kappa shape index (κ3) is 3.23. The highest BCUT2D eigenvalue weighted by Gasteiger charge is 2.41. The van der Waals surface area contributed by atoms with Crippen molar-refractivity contribution in [3.05, 3.63) is 29.8 Å². The normalized spacial score (nSPS) is 30.5. The van der Waals surface area contributed by atoms with Crippen LogP contribution in [0.4, 0.5) is 0 Å². The number of hydrogen-bond acceptors (Lipinski definition) is 4. The Labute approximate surface area is 126 Å². The van der Waals surface area contributed by atoms with Gasteiger partial charge in [-0.25, -0.2) is 0 Å². The molecule has 4 heteroatoms. The maximum atomic E-state index is 6.28. The highest BCUT2D eigenvalue weighted by molar-refractivity contribution is 5.36. The standard InChI is InChI=1S/C17H25NO3/c1-2-15(18)14-5-3-4-6-16(14)21-13-7-9-20-17(11-13)8-10-19-12-17/h3-6,13,15H,2,7-12,18H2,1H3. The molecule has 1 spiro atoms. The van der Waals surface area contributed by atoms with Gasteiger partial charge in [-0.2, -0.15) is 0 Å². The number of ether oxygens (including phenoxy) is 3. The van der Waals surface area contributed by atoms with Crippen LogP contribution in [0.25, 0.3) is 0 Å². The summed E-state index contributed by atoms with van der Waals surface area (Å²) in [6.07, 6.45) is 3.90. The number of nitrogens with two attached hydrogens (primary N) is 1. The summed E-state index contributed by atoms with van der Waals surface area (Å²) >= 11 is 0. The molecule has 1 aromatic carbocycles. The molecule has 0 bridgehead atoms. The van der Waals surface area contributed by atoms with E-state index in [1.807, 2.05) is 18.2 Å². The largest absolute Gasteiger partial charge is 0.490 e. The Bertz CT molecular complexity index is 471. The lowest BCUT2D eigenvalue weighted by Gasteiger charge is -2.37. The Balaban J connectivity index is 1.71.